The number of hydrogen-bond acceptors (Lipinski definition) is 4. The Morgan fingerprint density at radius 3 is 2.75 bits per heavy atom. The van der Waals surface area contributed by atoms with Gasteiger partial charge >= 0.3 is 0 Å². The molecule has 0 aromatic carbocycles. The summed E-state index contributed by atoms with van der Waals surface area (Å²) < 4.78 is 0. The standard InChI is InChI=1S/C12H15N3S/c1-8-9(2)14-12(7-13-8)15-10(3)11-5-4-6-16-11/h4-7,10H,1-3H3,(H,14,15). The van der Waals surface area contributed by atoms with Crippen LogP contribution in [0, 0.1) is 13.8 Å². The Hall–Kier alpha value is -1.42. The average molecular weight is 233 g/mol. The Balaban J connectivity index is 2.12. The molecule has 2 heterocycles. The van der Waals surface area contributed by atoms with Crippen molar-refractivity contribution in [2.45, 2.75) is 26.8 Å². The molecule has 0 radical (unpaired) electrons. The van der Waals surface area contributed by atoms with Crippen molar-refractivity contribution in [1.29, 1.82) is 0 Å². The second-order valence-corrected chi connectivity index (χ2v) is 4.79. The molecule has 3 nitrogen and oxygen atoms in total. The third-order valence-electron chi connectivity index (χ3n) is 2.53. The van der Waals surface area contributed by atoms with Crippen LogP contribution in [-0.2, 0) is 0 Å². The summed E-state index contributed by atoms with van der Waals surface area (Å²) in [7, 11) is 0. The summed E-state index contributed by atoms with van der Waals surface area (Å²) in [5.41, 5.74) is 1.96. The minimum Gasteiger partial charge on any atom is -0.361 e. The summed E-state index contributed by atoms with van der Waals surface area (Å²) in [6.07, 6.45) is 1.78. The van der Waals surface area contributed by atoms with E-state index in [1.165, 1.54) is 4.88 Å². The van der Waals surface area contributed by atoms with Gasteiger partial charge in [0.25, 0.3) is 0 Å². The molecule has 0 aliphatic carbocycles. The highest BCUT2D eigenvalue weighted by molar-refractivity contribution is 7.10. The largest absolute Gasteiger partial charge is 0.361 e. The summed E-state index contributed by atoms with van der Waals surface area (Å²) in [6.45, 7) is 6.07. The lowest BCUT2D eigenvalue weighted by Crippen LogP contribution is -2.07. The Morgan fingerprint density at radius 2 is 2.12 bits per heavy atom. The fraction of sp³-hybridized carbons (Fsp3) is 0.333. The maximum atomic E-state index is 4.45. The van der Waals surface area contributed by atoms with Crippen LogP contribution >= 0.6 is 11.3 Å². The van der Waals surface area contributed by atoms with E-state index in [0.29, 0.717) is 0 Å². The number of hydrogen-bond donors (Lipinski definition) is 1. The second-order valence-electron chi connectivity index (χ2n) is 3.81. The topological polar surface area (TPSA) is 37.8 Å². The minimum atomic E-state index is 0.274. The maximum absolute atomic E-state index is 4.45. The first-order chi connectivity index (χ1) is 7.66. The summed E-state index contributed by atoms with van der Waals surface area (Å²) in [6, 6.07) is 4.46. The van der Waals surface area contributed by atoms with Crippen LogP contribution in [0.5, 0.6) is 0 Å². The van der Waals surface area contributed by atoms with Gasteiger partial charge in [0.2, 0.25) is 0 Å². The first kappa shape index (κ1) is 11.1. The molecule has 2 rings (SSSR count). The van der Waals surface area contributed by atoms with Crippen LogP contribution < -0.4 is 5.32 Å². The van der Waals surface area contributed by atoms with Crippen LogP contribution in [-0.4, -0.2) is 9.97 Å². The third kappa shape index (κ3) is 2.39. The average Bonchev–Trinajstić information content (AvgIpc) is 2.77. The van der Waals surface area contributed by atoms with Crippen molar-refractivity contribution in [3.63, 3.8) is 0 Å². The van der Waals surface area contributed by atoms with Crippen LogP contribution in [0.15, 0.2) is 23.7 Å². The number of nitrogens with one attached hydrogen (secondary N) is 1. The van der Waals surface area contributed by atoms with E-state index in [9.17, 15) is 0 Å². The van der Waals surface area contributed by atoms with Crippen LogP contribution in [0.4, 0.5) is 5.82 Å². The van der Waals surface area contributed by atoms with Crippen LogP contribution in [0.3, 0.4) is 0 Å². The molecule has 2 aromatic rings. The van der Waals surface area contributed by atoms with Crippen LogP contribution in [0.1, 0.15) is 29.2 Å². The van der Waals surface area contributed by atoms with Crippen LogP contribution in [0.25, 0.3) is 0 Å². The van der Waals surface area contributed by atoms with Gasteiger partial charge in [0.15, 0.2) is 0 Å². The molecule has 2 aromatic heterocycles. The SMILES string of the molecule is Cc1ncc(NC(C)c2cccs2)nc1C. The smallest absolute Gasteiger partial charge is 0.145 e. The predicted molar refractivity (Wildman–Crippen MR) is 67.9 cm³/mol. The minimum absolute atomic E-state index is 0.274. The summed E-state index contributed by atoms with van der Waals surface area (Å²) in [4.78, 5) is 10.1. The molecule has 0 saturated carbocycles. The zero-order chi connectivity index (χ0) is 11.5. The van der Waals surface area contributed by atoms with E-state index in [2.05, 4.69) is 39.7 Å². The lowest BCUT2D eigenvalue weighted by Gasteiger charge is -2.13. The highest BCUT2D eigenvalue weighted by Crippen LogP contribution is 2.21. The van der Waals surface area contributed by atoms with E-state index in [4.69, 9.17) is 0 Å². The fourth-order valence-corrected chi connectivity index (χ4v) is 2.18. The van der Waals surface area contributed by atoms with E-state index >= 15 is 0 Å². The zero-order valence-corrected chi connectivity index (χ0v) is 10.5. The van der Waals surface area contributed by atoms with Crippen molar-refractivity contribution in [3.8, 4) is 0 Å². The number of aryl methyl sites for hydroxylation is 2. The molecule has 1 N–H and O–H groups in total. The summed E-state index contributed by atoms with van der Waals surface area (Å²) >= 11 is 1.75. The van der Waals surface area contributed by atoms with E-state index in [1.54, 1.807) is 17.5 Å². The molecule has 0 spiro atoms. The predicted octanol–water partition coefficient (Wildman–Crippen LogP) is 3.33. The molecule has 0 fully saturated rings. The van der Waals surface area contributed by atoms with Crippen molar-refractivity contribution in [1.82, 2.24) is 9.97 Å². The Morgan fingerprint density at radius 1 is 1.31 bits per heavy atom. The van der Waals surface area contributed by atoms with E-state index in [0.717, 1.165) is 17.2 Å². The van der Waals surface area contributed by atoms with E-state index in [-0.39, 0.29) is 6.04 Å². The summed E-state index contributed by atoms with van der Waals surface area (Å²) in [5, 5.41) is 5.43. The molecule has 4 heteroatoms. The summed E-state index contributed by atoms with van der Waals surface area (Å²) in [5.74, 6) is 0.837. The first-order valence-corrected chi connectivity index (χ1v) is 6.15. The Bertz CT molecular complexity index is 465. The van der Waals surface area contributed by atoms with Gasteiger partial charge in [-0.05, 0) is 32.2 Å². The molecule has 16 heavy (non-hydrogen) atoms. The van der Waals surface area contributed by atoms with Gasteiger partial charge in [-0.3, -0.25) is 4.98 Å². The Kier molecular flexibility index (Phi) is 3.19. The fourth-order valence-electron chi connectivity index (χ4n) is 1.44. The normalized spacial score (nSPS) is 12.4. The Labute approximate surface area is 99.6 Å². The lowest BCUT2D eigenvalue weighted by atomic mass is 10.3. The second kappa shape index (κ2) is 4.61. The highest BCUT2D eigenvalue weighted by Gasteiger charge is 2.07. The molecule has 0 saturated heterocycles. The third-order valence-corrected chi connectivity index (χ3v) is 3.58. The molecular formula is C12H15N3S. The van der Waals surface area contributed by atoms with Crippen molar-refractivity contribution >= 4 is 17.2 Å². The van der Waals surface area contributed by atoms with Gasteiger partial charge in [0.1, 0.15) is 5.82 Å². The van der Waals surface area contributed by atoms with Gasteiger partial charge in [-0.2, -0.15) is 0 Å². The van der Waals surface area contributed by atoms with Gasteiger partial charge in [0, 0.05) is 4.88 Å². The van der Waals surface area contributed by atoms with Gasteiger partial charge in [-0.1, -0.05) is 6.07 Å². The van der Waals surface area contributed by atoms with Gasteiger partial charge < -0.3 is 5.32 Å². The molecule has 84 valence electrons. The van der Waals surface area contributed by atoms with Gasteiger partial charge in [-0.15, -0.1) is 11.3 Å². The quantitative estimate of drug-likeness (QED) is 0.883. The van der Waals surface area contributed by atoms with Crippen molar-refractivity contribution < 1.29 is 0 Å². The maximum Gasteiger partial charge on any atom is 0.145 e. The molecule has 0 amide bonds. The van der Waals surface area contributed by atoms with E-state index < -0.39 is 0 Å². The zero-order valence-electron chi connectivity index (χ0n) is 9.69. The molecule has 0 aliphatic heterocycles. The number of aromatic nitrogens is 2. The molecule has 0 bridgehead atoms. The van der Waals surface area contributed by atoms with Gasteiger partial charge in [-0.25, -0.2) is 4.98 Å². The van der Waals surface area contributed by atoms with E-state index in [1.807, 2.05) is 13.8 Å². The number of nitrogens with zero attached hydrogens (tertiary/aromatic N) is 2. The lowest BCUT2D eigenvalue weighted by molar-refractivity contribution is 0.884. The molecule has 1 atom stereocenters. The van der Waals surface area contributed by atoms with Crippen molar-refractivity contribution in [3.05, 3.63) is 40.0 Å². The van der Waals surface area contributed by atoms with Crippen LogP contribution in [0.2, 0.25) is 0 Å². The van der Waals surface area contributed by atoms with Gasteiger partial charge in [0.05, 0.1) is 23.6 Å². The van der Waals surface area contributed by atoms with Crippen molar-refractivity contribution in [2.75, 3.05) is 5.32 Å². The monoisotopic (exact) mass is 233 g/mol. The number of thiophene rings is 1. The van der Waals surface area contributed by atoms with Crippen molar-refractivity contribution in [2.24, 2.45) is 0 Å². The molecular weight excluding hydrogens is 218 g/mol. The molecule has 0 aliphatic rings. The highest BCUT2D eigenvalue weighted by atomic mass is 32.1. The number of rotatable bonds is 3. The first-order valence-electron chi connectivity index (χ1n) is 5.27. The molecule has 1 unspecified atom stereocenters. The number of anilines is 1.